The number of hydrogen-bond acceptors (Lipinski definition) is 1. The average molecular weight is 281 g/mol. The highest BCUT2D eigenvalue weighted by Gasteiger charge is 2.59. The Balaban J connectivity index is 1.64. The second-order valence-electron chi connectivity index (χ2n) is 8.77. The zero-order chi connectivity index (χ0) is 14.9. The summed E-state index contributed by atoms with van der Waals surface area (Å²) < 4.78 is 13.7. The van der Waals surface area contributed by atoms with Gasteiger partial charge in [0.2, 0.25) is 5.91 Å². The van der Waals surface area contributed by atoms with E-state index in [2.05, 4.69) is 27.7 Å². The van der Waals surface area contributed by atoms with Gasteiger partial charge in [0.15, 0.2) is 0 Å². The maximum absolute atomic E-state index is 13.7. The Morgan fingerprint density at radius 2 is 1.90 bits per heavy atom. The summed E-state index contributed by atoms with van der Waals surface area (Å²) in [7, 11) is 0. The molecule has 1 amide bonds. The van der Waals surface area contributed by atoms with Crippen LogP contribution in [0.3, 0.4) is 0 Å². The summed E-state index contributed by atoms with van der Waals surface area (Å²) in [6.07, 6.45) is 1.66. The molecule has 0 spiro atoms. The number of alkyl halides is 1. The molecule has 3 rings (SSSR count). The van der Waals surface area contributed by atoms with Gasteiger partial charge in [-0.2, -0.15) is 0 Å². The van der Waals surface area contributed by atoms with Crippen molar-refractivity contribution < 1.29 is 9.18 Å². The highest BCUT2D eigenvalue weighted by molar-refractivity contribution is 5.83. The minimum Gasteiger partial charge on any atom is -0.342 e. The average Bonchev–Trinajstić information content (AvgIpc) is 2.70. The first kappa shape index (κ1) is 14.3. The molecular formula is C17H28FNO. The van der Waals surface area contributed by atoms with Crippen LogP contribution in [0.15, 0.2) is 0 Å². The van der Waals surface area contributed by atoms with Crippen molar-refractivity contribution in [2.75, 3.05) is 13.1 Å². The van der Waals surface area contributed by atoms with Gasteiger partial charge in [-0.15, -0.1) is 0 Å². The summed E-state index contributed by atoms with van der Waals surface area (Å²) in [4.78, 5) is 14.3. The molecule has 2 saturated carbocycles. The lowest BCUT2D eigenvalue weighted by Gasteiger charge is -2.33. The summed E-state index contributed by atoms with van der Waals surface area (Å²) in [6, 6.07) is 0. The number of carbonyl (C=O) groups excluding carboxylic acids is 1. The molecular weight excluding hydrogens is 253 g/mol. The van der Waals surface area contributed by atoms with Crippen molar-refractivity contribution in [3.63, 3.8) is 0 Å². The monoisotopic (exact) mass is 281 g/mol. The molecule has 0 aromatic heterocycles. The van der Waals surface area contributed by atoms with Gasteiger partial charge >= 0.3 is 0 Å². The third-order valence-corrected chi connectivity index (χ3v) is 6.25. The van der Waals surface area contributed by atoms with Crippen LogP contribution < -0.4 is 0 Å². The van der Waals surface area contributed by atoms with E-state index in [1.807, 2.05) is 4.90 Å². The zero-order valence-corrected chi connectivity index (χ0v) is 13.4. The Kier molecular flexibility index (Phi) is 3.02. The van der Waals surface area contributed by atoms with Gasteiger partial charge in [-0.05, 0) is 48.9 Å². The molecule has 20 heavy (non-hydrogen) atoms. The van der Waals surface area contributed by atoms with Crippen LogP contribution in [-0.2, 0) is 4.79 Å². The molecule has 3 aliphatic rings. The minimum atomic E-state index is -1.23. The quantitative estimate of drug-likeness (QED) is 0.720. The lowest BCUT2D eigenvalue weighted by molar-refractivity contribution is -0.132. The van der Waals surface area contributed by atoms with E-state index in [0.717, 1.165) is 19.0 Å². The van der Waals surface area contributed by atoms with Gasteiger partial charge in [-0.25, -0.2) is 4.39 Å². The minimum absolute atomic E-state index is 0.0731. The van der Waals surface area contributed by atoms with Crippen molar-refractivity contribution in [3.05, 3.63) is 0 Å². The fourth-order valence-electron chi connectivity index (χ4n) is 4.81. The number of halogens is 1. The van der Waals surface area contributed by atoms with Crippen molar-refractivity contribution in [2.45, 2.75) is 53.1 Å². The summed E-state index contributed by atoms with van der Waals surface area (Å²) in [5.41, 5.74) is -0.874. The highest BCUT2D eigenvalue weighted by Crippen LogP contribution is 2.54. The molecule has 0 radical (unpaired) electrons. The van der Waals surface area contributed by atoms with Crippen LogP contribution >= 0.6 is 0 Å². The summed E-state index contributed by atoms with van der Waals surface area (Å²) >= 11 is 0. The second-order valence-corrected chi connectivity index (χ2v) is 8.77. The molecule has 1 aliphatic heterocycles. The maximum atomic E-state index is 13.7. The molecule has 2 nitrogen and oxygen atoms in total. The van der Waals surface area contributed by atoms with E-state index in [1.165, 1.54) is 6.42 Å². The highest BCUT2D eigenvalue weighted by atomic mass is 19.1. The molecule has 0 bridgehead atoms. The summed E-state index contributed by atoms with van der Waals surface area (Å²) in [6.45, 7) is 12.6. The van der Waals surface area contributed by atoms with E-state index in [4.69, 9.17) is 0 Å². The fourth-order valence-corrected chi connectivity index (χ4v) is 4.81. The number of fused-ring (bicyclic) bond motifs is 1. The van der Waals surface area contributed by atoms with Crippen molar-refractivity contribution >= 4 is 5.91 Å². The summed E-state index contributed by atoms with van der Waals surface area (Å²) in [5.74, 6) is 2.42. The van der Waals surface area contributed by atoms with E-state index in [-0.39, 0.29) is 11.8 Å². The third kappa shape index (κ3) is 2.17. The molecule has 114 valence electrons. The lowest BCUT2D eigenvalue weighted by Crippen LogP contribution is -2.35. The van der Waals surface area contributed by atoms with Crippen LogP contribution in [0.5, 0.6) is 0 Å². The molecule has 6 unspecified atom stereocenters. The molecule has 6 atom stereocenters. The zero-order valence-electron chi connectivity index (χ0n) is 13.4. The molecule has 0 N–H and O–H groups in total. The van der Waals surface area contributed by atoms with Crippen molar-refractivity contribution in [1.82, 2.24) is 4.90 Å². The predicted molar refractivity (Wildman–Crippen MR) is 77.9 cm³/mol. The van der Waals surface area contributed by atoms with E-state index in [1.54, 1.807) is 6.92 Å². The Morgan fingerprint density at radius 1 is 1.30 bits per heavy atom. The lowest BCUT2D eigenvalue weighted by atomic mass is 9.74. The Hall–Kier alpha value is -0.600. The number of nitrogens with zero attached hydrogens (tertiary/aromatic N) is 1. The first-order valence-corrected chi connectivity index (χ1v) is 8.09. The number of amides is 1. The first-order chi connectivity index (χ1) is 9.11. The smallest absolute Gasteiger partial charge is 0.229 e. The largest absolute Gasteiger partial charge is 0.342 e. The number of hydrogen-bond donors (Lipinski definition) is 0. The van der Waals surface area contributed by atoms with Crippen LogP contribution in [0.2, 0.25) is 0 Å². The maximum Gasteiger partial charge on any atom is 0.229 e. The molecule has 3 heteroatoms. The molecule has 2 aliphatic carbocycles. The topological polar surface area (TPSA) is 20.3 Å². The van der Waals surface area contributed by atoms with Crippen molar-refractivity contribution in [3.8, 4) is 0 Å². The Bertz CT molecular complexity index is 425. The first-order valence-electron chi connectivity index (χ1n) is 8.09. The van der Waals surface area contributed by atoms with E-state index < -0.39 is 5.67 Å². The van der Waals surface area contributed by atoms with E-state index in [9.17, 15) is 9.18 Å². The van der Waals surface area contributed by atoms with Gasteiger partial charge in [0.05, 0.1) is 5.92 Å². The van der Waals surface area contributed by atoms with Crippen LogP contribution in [0.1, 0.15) is 47.5 Å². The van der Waals surface area contributed by atoms with Gasteiger partial charge < -0.3 is 4.90 Å². The van der Waals surface area contributed by atoms with Crippen LogP contribution in [0, 0.1) is 35.0 Å². The molecule has 1 saturated heterocycles. The number of likely N-dealkylation sites (tertiary alicyclic amines) is 1. The second kappa shape index (κ2) is 4.20. The van der Waals surface area contributed by atoms with Crippen molar-refractivity contribution in [1.29, 1.82) is 0 Å². The van der Waals surface area contributed by atoms with E-state index >= 15 is 0 Å². The Labute approximate surface area is 122 Å². The number of rotatable bonds is 1. The van der Waals surface area contributed by atoms with Gasteiger partial charge in [0.25, 0.3) is 0 Å². The van der Waals surface area contributed by atoms with Gasteiger partial charge in [0.1, 0.15) is 5.67 Å². The number of carbonyl (C=O) groups is 1. The van der Waals surface area contributed by atoms with Gasteiger partial charge in [0, 0.05) is 13.1 Å². The normalized spacial score (nSPS) is 47.5. The summed E-state index contributed by atoms with van der Waals surface area (Å²) in [5, 5.41) is 0. The molecule has 3 fully saturated rings. The molecule has 1 heterocycles. The SMILES string of the molecule is CC1C2CN(C(=O)C3CC3(C)F)CC2CC1C(C)(C)C. The van der Waals surface area contributed by atoms with Gasteiger partial charge in [-0.3, -0.25) is 4.79 Å². The predicted octanol–water partition coefficient (Wildman–Crippen LogP) is 3.51. The van der Waals surface area contributed by atoms with Crippen LogP contribution in [0.25, 0.3) is 0 Å². The van der Waals surface area contributed by atoms with Gasteiger partial charge in [-0.1, -0.05) is 27.7 Å². The van der Waals surface area contributed by atoms with Crippen molar-refractivity contribution in [2.24, 2.45) is 35.0 Å². The Morgan fingerprint density at radius 3 is 2.35 bits per heavy atom. The third-order valence-electron chi connectivity index (χ3n) is 6.25. The van der Waals surface area contributed by atoms with E-state index in [0.29, 0.717) is 29.6 Å². The molecule has 0 aromatic rings. The fraction of sp³-hybridized carbons (Fsp3) is 0.941. The van der Waals surface area contributed by atoms with Crippen LogP contribution in [0.4, 0.5) is 4.39 Å². The van der Waals surface area contributed by atoms with Crippen LogP contribution in [-0.4, -0.2) is 29.6 Å². The molecule has 0 aromatic carbocycles. The standard InChI is InChI=1S/C17H28FNO/c1-10-12-9-19(15(20)14-7-17(14,5)18)8-11(12)6-13(10)16(2,3)4/h10-14H,6-9H2,1-5H3.